The predicted molar refractivity (Wildman–Crippen MR) is 102 cm³/mol. The van der Waals surface area contributed by atoms with Crippen LogP contribution >= 0.6 is 34.5 Å². The summed E-state index contributed by atoms with van der Waals surface area (Å²) in [4.78, 5) is 28.4. The molecule has 3 aromatic rings. The molecule has 0 aliphatic heterocycles. The van der Waals surface area contributed by atoms with Gasteiger partial charge < -0.3 is 9.84 Å². The lowest BCUT2D eigenvalue weighted by Crippen LogP contribution is -2.20. The zero-order chi connectivity index (χ0) is 18.8. The number of carbonyl (C=O) groups excluding carboxylic acids is 1. The molecule has 1 aromatic heterocycles. The molecule has 1 amide bonds. The molecular weight excluding hydrogens is 399 g/mol. The van der Waals surface area contributed by atoms with Gasteiger partial charge in [-0.15, -0.1) is 11.3 Å². The Hall–Kier alpha value is -2.35. The summed E-state index contributed by atoms with van der Waals surface area (Å²) in [6.07, 6.45) is 1.65. The van der Waals surface area contributed by atoms with Gasteiger partial charge in [0, 0.05) is 21.5 Å². The molecule has 0 fully saturated rings. The SMILES string of the molecule is Cc1cnc(NC(=O)COc2cc(C(=O)O)cc3cc(Cl)cc(Cl)c23)s1. The third-order valence-electron chi connectivity index (χ3n) is 3.40. The molecule has 134 valence electrons. The highest BCUT2D eigenvalue weighted by Gasteiger charge is 2.15. The van der Waals surface area contributed by atoms with Gasteiger partial charge in [-0.2, -0.15) is 0 Å². The fourth-order valence-corrected chi connectivity index (χ4v) is 3.62. The van der Waals surface area contributed by atoms with Crippen molar-refractivity contribution >= 4 is 62.3 Å². The van der Waals surface area contributed by atoms with Gasteiger partial charge in [-0.05, 0) is 36.6 Å². The van der Waals surface area contributed by atoms with Gasteiger partial charge in [0.1, 0.15) is 5.75 Å². The molecule has 9 heteroatoms. The van der Waals surface area contributed by atoms with Crippen LogP contribution in [-0.4, -0.2) is 28.6 Å². The normalized spacial score (nSPS) is 10.7. The number of anilines is 1. The number of thiazole rings is 1. The lowest BCUT2D eigenvalue weighted by Gasteiger charge is -2.12. The number of nitrogens with zero attached hydrogens (tertiary/aromatic N) is 1. The van der Waals surface area contributed by atoms with E-state index in [2.05, 4.69) is 10.3 Å². The summed E-state index contributed by atoms with van der Waals surface area (Å²) >= 11 is 13.6. The molecule has 2 aromatic carbocycles. The highest BCUT2D eigenvalue weighted by Crippen LogP contribution is 2.36. The van der Waals surface area contributed by atoms with Crippen LogP contribution in [0.5, 0.6) is 5.75 Å². The molecule has 0 aliphatic carbocycles. The van der Waals surface area contributed by atoms with Crippen molar-refractivity contribution in [3.63, 3.8) is 0 Å². The molecule has 6 nitrogen and oxygen atoms in total. The summed E-state index contributed by atoms with van der Waals surface area (Å²) in [7, 11) is 0. The van der Waals surface area contributed by atoms with Crippen LogP contribution in [0.4, 0.5) is 5.13 Å². The average Bonchev–Trinajstić information content (AvgIpc) is 2.96. The lowest BCUT2D eigenvalue weighted by molar-refractivity contribution is -0.118. The van der Waals surface area contributed by atoms with E-state index in [1.54, 1.807) is 12.3 Å². The van der Waals surface area contributed by atoms with E-state index in [-0.39, 0.29) is 17.9 Å². The quantitative estimate of drug-likeness (QED) is 0.639. The molecule has 0 bridgehead atoms. The van der Waals surface area contributed by atoms with Gasteiger partial charge in [0.05, 0.1) is 10.6 Å². The number of rotatable bonds is 5. The first-order valence-electron chi connectivity index (χ1n) is 7.34. The average molecular weight is 411 g/mol. The minimum atomic E-state index is -1.13. The third-order valence-corrected chi connectivity index (χ3v) is 4.75. The van der Waals surface area contributed by atoms with Crippen molar-refractivity contribution in [1.29, 1.82) is 0 Å². The fourth-order valence-electron chi connectivity index (χ4n) is 2.34. The number of aromatic carboxylic acids is 1. The third kappa shape index (κ3) is 4.07. The van der Waals surface area contributed by atoms with Crippen LogP contribution in [0.15, 0.2) is 30.5 Å². The van der Waals surface area contributed by atoms with Gasteiger partial charge in [0.2, 0.25) is 0 Å². The number of carbonyl (C=O) groups is 2. The number of halogens is 2. The number of hydrogen-bond donors (Lipinski definition) is 2. The van der Waals surface area contributed by atoms with E-state index in [1.165, 1.54) is 29.5 Å². The minimum absolute atomic E-state index is 0.00166. The Bertz CT molecular complexity index is 1020. The number of aryl methyl sites for hydroxylation is 1. The Morgan fingerprint density at radius 3 is 2.69 bits per heavy atom. The highest BCUT2D eigenvalue weighted by molar-refractivity contribution is 7.15. The van der Waals surface area contributed by atoms with Crippen LogP contribution in [0.1, 0.15) is 15.2 Å². The summed E-state index contributed by atoms with van der Waals surface area (Å²) < 4.78 is 5.55. The van der Waals surface area contributed by atoms with E-state index in [1.807, 2.05) is 6.92 Å². The predicted octanol–water partition coefficient (Wildman–Crippen LogP) is 4.63. The Kier molecular flexibility index (Phi) is 5.31. The number of amides is 1. The van der Waals surface area contributed by atoms with Crippen LogP contribution in [0.25, 0.3) is 10.8 Å². The van der Waals surface area contributed by atoms with Crippen molar-refractivity contribution in [2.45, 2.75) is 6.92 Å². The van der Waals surface area contributed by atoms with Crippen LogP contribution in [-0.2, 0) is 4.79 Å². The number of nitrogens with one attached hydrogen (secondary N) is 1. The molecule has 0 radical (unpaired) electrons. The van der Waals surface area contributed by atoms with E-state index in [0.29, 0.717) is 25.9 Å². The van der Waals surface area contributed by atoms with Crippen molar-refractivity contribution in [3.8, 4) is 5.75 Å². The molecule has 0 aliphatic rings. The number of ether oxygens (including phenoxy) is 1. The van der Waals surface area contributed by atoms with Crippen molar-refractivity contribution in [3.05, 3.63) is 50.9 Å². The maximum absolute atomic E-state index is 12.0. The molecule has 0 saturated carbocycles. The maximum Gasteiger partial charge on any atom is 0.335 e. The molecule has 2 N–H and O–H groups in total. The second-order valence-electron chi connectivity index (χ2n) is 5.38. The van der Waals surface area contributed by atoms with E-state index < -0.39 is 11.9 Å². The molecule has 1 heterocycles. The van der Waals surface area contributed by atoms with Gasteiger partial charge in [-0.3, -0.25) is 10.1 Å². The van der Waals surface area contributed by atoms with Crippen LogP contribution in [0.2, 0.25) is 10.0 Å². The van der Waals surface area contributed by atoms with Gasteiger partial charge >= 0.3 is 5.97 Å². The molecule has 0 unspecified atom stereocenters. The van der Waals surface area contributed by atoms with Crippen molar-refractivity contribution in [2.75, 3.05) is 11.9 Å². The zero-order valence-corrected chi connectivity index (χ0v) is 15.7. The summed E-state index contributed by atoms with van der Waals surface area (Å²) in [5.41, 5.74) is 0.00166. The lowest BCUT2D eigenvalue weighted by atomic mass is 10.1. The highest BCUT2D eigenvalue weighted by atomic mass is 35.5. The van der Waals surface area contributed by atoms with Crippen LogP contribution < -0.4 is 10.1 Å². The van der Waals surface area contributed by atoms with E-state index in [0.717, 1.165) is 4.88 Å². The van der Waals surface area contributed by atoms with Gasteiger partial charge in [0.25, 0.3) is 5.91 Å². The summed E-state index contributed by atoms with van der Waals surface area (Å²) in [6, 6.07) is 5.88. The van der Waals surface area contributed by atoms with E-state index in [9.17, 15) is 14.7 Å². The molecule has 0 spiro atoms. The molecular formula is C17H12Cl2N2O4S. The second kappa shape index (κ2) is 7.49. The Labute approximate surface area is 162 Å². The van der Waals surface area contributed by atoms with Crippen LogP contribution in [0.3, 0.4) is 0 Å². The molecule has 0 atom stereocenters. The Balaban J connectivity index is 1.88. The van der Waals surface area contributed by atoms with Crippen LogP contribution in [0, 0.1) is 6.92 Å². The summed E-state index contributed by atoms with van der Waals surface area (Å²) in [5, 5.41) is 14.0. The first-order chi connectivity index (χ1) is 12.3. The van der Waals surface area contributed by atoms with Crippen molar-refractivity contribution in [2.24, 2.45) is 0 Å². The topological polar surface area (TPSA) is 88.5 Å². The van der Waals surface area contributed by atoms with Crippen molar-refractivity contribution in [1.82, 2.24) is 4.98 Å². The van der Waals surface area contributed by atoms with Gasteiger partial charge in [0.15, 0.2) is 11.7 Å². The summed E-state index contributed by atoms with van der Waals surface area (Å²) in [5.74, 6) is -1.36. The number of fused-ring (bicyclic) bond motifs is 1. The number of benzene rings is 2. The maximum atomic E-state index is 12.0. The first-order valence-corrected chi connectivity index (χ1v) is 8.92. The molecule has 3 rings (SSSR count). The second-order valence-corrected chi connectivity index (χ2v) is 7.46. The molecule has 26 heavy (non-hydrogen) atoms. The number of aromatic nitrogens is 1. The van der Waals surface area contributed by atoms with Gasteiger partial charge in [-0.1, -0.05) is 23.2 Å². The number of carboxylic acid groups (broad SMARTS) is 1. The standard InChI is InChI=1S/C17H12Cl2N2O4S/c1-8-6-20-17(26-8)21-14(22)7-25-13-4-10(16(23)24)2-9-3-11(18)5-12(19)15(9)13/h2-6H,7H2,1H3,(H,23,24)(H,20,21,22). The smallest absolute Gasteiger partial charge is 0.335 e. The molecule has 0 saturated heterocycles. The van der Waals surface area contributed by atoms with Gasteiger partial charge in [-0.25, -0.2) is 9.78 Å². The Morgan fingerprint density at radius 2 is 2.04 bits per heavy atom. The largest absolute Gasteiger partial charge is 0.483 e. The van der Waals surface area contributed by atoms with E-state index >= 15 is 0 Å². The fraction of sp³-hybridized carbons (Fsp3) is 0.118. The Morgan fingerprint density at radius 1 is 1.27 bits per heavy atom. The minimum Gasteiger partial charge on any atom is -0.483 e. The first kappa shape index (κ1) is 18.4. The van der Waals surface area contributed by atoms with Crippen molar-refractivity contribution < 1.29 is 19.4 Å². The van der Waals surface area contributed by atoms with E-state index in [4.69, 9.17) is 27.9 Å². The monoisotopic (exact) mass is 410 g/mol. The number of carboxylic acids is 1. The zero-order valence-electron chi connectivity index (χ0n) is 13.4. The number of hydrogen-bond acceptors (Lipinski definition) is 5. The summed E-state index contributed by atoms with van der Waals surface area (Å²) in [6.45, 7) is 1.55.